The molecule has 4 aromatic rings. The quantitative estimate of drug-likeness (QED) is 0.218. The van der Waals surface area contributed by atoms with Gasteiger partial charge in [0.15, 0.2) is 6.73 Å². The summed E-state index contributed by atoms with van der Waals surface area (Å²) >= 11 is 0. The summed E-state index contributed by atoms with van der Waals surface area (Å²) in [5.74, 6) is -1.13. The highest BCUT2D eigenvalue weighted by Gasteiger charge is 2.49. The average molecular weight is 564 g/mol. The van der Waals surface area contributed by atoms with Crippen LogP contribution in [0, 0.1) is 11.3 Å². The van der Waals surface area contributed by atoms with E-state index in [2.05, 4.69) is 21.1 Å². The number of carbonyl (C=O) groups excluding carboxylic acids is 2. The van der Waals surface area contributed by atoms with Gasteiger partial charge in [-0.05, 0) is 25.1 Å². The average Bonchev–Trinajstić information content (AvgIpc) is 3.57. The first-order chi connectivity index (χ1) is 19.2. The Bertz CT molecular complexity index is 1750. The second-order valence-electron chi connectivity index (χ2n) is 9.30. The molecular weight excluding hydrogens is 538 g/mol. The second-order valence-corrected chi connectivity index (χ2v) is 11.6. The SMILES string of the molecule is CCS(=O)(=O)N1CC(CC#N)(n2cc(-c3ncnc4c3ccn4COC(=O)c3ccccc3OC(C)=O)cn2)C1. The van der Waals surface area contributed by atoms with Crippen molar-refractivity contribution in [3.63, 3.8) is 0 Å². The van der Waals surface area contributed by atoms with Crippen LogP contribution in [0.1, 0.15) is 30.6 Å². The first-order valence-corrected chi connectivity index (χ1v) is 13.9. The minimum Gasteiger partial charge on any atom is -0.440 e. The number of hydrogen-bond donors (Lipinski definition) is 0. The first-order valence-electron chi connectivity index (χ1n) is 12.3. The van der Waals surface area contributed by atoms with E-state index in [4.69, 9.17) is 9.47 Å². The molecule has 1 aliphatic rings. The first kappa shape index (κ1) is 27.0. The van der Waals surface area contributed by atoms with Crippen LogP contribution >= 0.6 is 0 Å². The summed E-state index contributed by atoms with van der Waals surface area (Å²) in [7, 11) is -3.37. The maximum absolute atomic E-state index is 12.7. The van der Waals surface area contributed by atoms with E-state index in [1.807, 2.05) is 0 Å². The fourth-order valence-corrected chi connectivity index (χ4v) is 5.84. The number of para-hydroxylation sites is 1. The van der Waals surface area contributed by atoms with Gasteiger partial charge >= 0.3 is 11.9 Å². The molecule has 14 heteroatoms. The molecule has 1 saturated heterocycles. The Morgan fingerprint density at radius 2 is 1.95 bits per heavy atom. The van der Waals surface area contributed by atoms with Crippen LogP contribution in [0.15, 0.2) is 55.2 Å². The van der Waals surface area contributed by atoms with Gasteiger partial charge in [-0.3, -0.25) is 14.0 Å². The lowest BCUT2D eigenvalue weighted by molar-refractivity contribution is -0.131. The number of rotatable bonds is 9. The third-order valence-corrected chi connectivity index (χ3v) is 8.48. The summed E-state index contributed by atoms with van der Waals surface area (Å²) in [4.78, 5) is 32.8. The van der Waals surface area contributed by atoms with Gasteiger partial charge in [0.2, 0.25) is 10.0 Å². The number of sulfonamides is 1. The molecule has 3 aromatic heterocycles. The van der Waals surface area contributed by atoms with Gasteiger partial charge in [0, 0.05) is 43.4 Å². The van der Waals surface area contributed by atoms with E-state index in [1.165, 1.54) is 29.7 Å². The van der Waals surface area contributed by atoms with Crippen LogP contribution in [0.3, 0.4) is 0 Å². The third-order valence-electron chi connectivity index (χ3n) is 6.70. The van der Waals surface area contributed by atoms with E-state index in [0.717, 1.165) is 0 Å². The van der Waals surface area contributed by atoms with Crippen LogP contribution in [0.4, 0.5) is 0 Å². The Kier molecular flexibility index (Phi) is 7.09. The smallest absolute Gasteiger partial charge is 0.343 e. The fraction of sp³-hybridized carbons (Fsp3) is 0.308. The zero-order valence-corrected chi connectivity index (χ0v) is 22.5. The molecule has 0 aliphatic carbocycles. The van der Waals surface area contributed by atoms with E-state index in [-0.39, 0.29) is 43.3 Å². The van der Waals surface area contributed by atoms with E-state index < -0.39 is 27.5 Å². The summed E-state index contributed by atoms with van der Waals surface area (Å²) in [6, 6.07) is 10.2. The highest BCUT2D eigenvalue weighted by Crippen LogP contribution is 2.36. The normalized spacial score (nSPS) is 14.8. The number of nitriles is 1. The molecule has 5 rings (SSSR count). The van der Waals surface area contributed by atoms with Gasteiger partial charge < -0.3 is 9.47 Å². The maximum atomic E-state index is 12.7. The molecule has 0 amide bonds. The Morgan fingerprint density at radius 1 is 1.18 bits per heavy atom. The van der Waals surface area contributed by atoms with Crippen molar-refractivity contribution < 1.29 is 27.5 Å². The molecule has 40 heavy (non-hydrogen) atoms. The van der Waals surface area contributed by atoms with E-state index in [9.17, 15) is 23.3 Å². The van der Waals surface area contributed by atoms with Crippen LogP contribution in [-0.2, 0) is 31.8 Å². The number of aromatic nitrogens is 5. The molecule has 1 fully saturated rings. The molecule has 0 bridgehead atoms. The molecule has 0 saturated carbocycles. The molecule has 0 unspecified atom stereocenters. The summed E-state index contributed by atoms with van der Waals surface area (Å²) in [6.45, 7) is 3.01. The van der Waals surface area contributed by atoms with E-state index >= 15 is 0 Å². The maximum Gasteiger partial charge on any atom is 0.343 e. The van der Waals surface area contributed by atoms with Gasteiger partial charge in [-0.2, -0.15) is 14.7 Å². The summed E-state index contributed by atoms with van der Waals surface area (Å²) < 4.78 is 39.7. The van der Waals surface area contributed by atoms with Crippen LogP contribution in [0.2, 0.25) is 0 Å². The predicted octanol–water partition coefficient (Wildman–Crippen LogP) is 2.31. The van der Waals surface area contributed by atoms with Crippen LogP contribution in [-0.4, -0.2) is 67.8 Å². The van der Waals surface area contributed by atoms with Crippen molar-refractivity contribution in [2.24, 2.45) is 0 Å². The molecule has 13 nitrogen and oxygen atoms in total. The monoisotopic (exact) mass is 563 g/mol. The lowest BCUT2D eigenvalue weighted by Crippen LogP contribution is -2.64. The van der Waals surface area contributed by atoms with Crippen molar-refractivity contribution in [2.75, 3.05) is 18.8 Å². The molecule has 0 radical (unpaired) electrons. The van der Waals surface area contributed by atoms with Gasteiger partial charge in [-0.15, -0.1) is 0 Å². The number of fused-ring (bicyclic) bond motifs is 1. The van der Waals surface area contributed by atoms with Gasteiger partial charge in [-0.1, -0.05) is 12.1 Å². The Hall–Kier alpha value is -4.61. The standard InChI is InChI=1S/C26H25N7O6S/c1-3-40(36,37)32-14-26(15-32,9-10-27)33-13-19(12-30-33)23-21-8-11-31(24(21)29-16-28-23)17-38-25(35)20-6-4-5-7-22(20)39-18(2)34/h4-8,11-13,16H,3,9,14-15,17H2,1-2H3. The Labute approximate surface area is 229 Å². The zero-order valence-electron chi connectivity index (χ0n) is 21.7. The molecule has 0 N–H and O–H groups in total. The Balaban J connectivity index is 1.37. The summed E-state index contributed by atoms with van der Waals surface area (Å²) in [5.41, 5.74) is 1.10. The number of nitrogens with zero attached hydrogens (tertiary/aromatic N) is 7. The largest absolute Gasteiger partial charge is 0.440 e. The number of hydrogen-bond acceptors (Lipinski definition) is 10. The molecule has 0 spiro atoms. The lowest BCUT2D eigenvalue weighted by Gasteiger charge is -2.47. The topological polar surface area (TPSA) is 162 Å². The minimum atomic E-state index is -3.37. The number of esters is 2. The van der Waals surface area contributed by atoms with Gasteiger partial charge in [0.1, 0.15) is 28.8 Å². The zero-order chi connectivity index (χ0) is 28.5. The highest BCUT2D eigenvalue weighted by atomic mass is 32.2. The van der Waals surface area contributed by atoms with Crippen molar-refractivity contribution in [1.82, 2.24) is 28.6 Å². The van der Waals surface area contributed by atoms with Crippen molar-refractivity contribution >= 4 is 33.0 Å². The number of carbonyl (C=O) groups is 2. The molecule has 1 aromatic carbocycles. The van der Waals surface area contributed by atoms with Gasteiger partial charge in [0.05, 0.1) is 30.1 Å². The van der Waals surface area contributed by atoms with Crippen LogP contribution < -0.4 is 4.74 Å². The predicted molar refractivity (Wildman–Crippen MR) is 141 cm³/mol. The second kappa shape index (κ2) is 10.5. The van der Waals surface area contributed by atoms with Crippen LogP contribution in [0.5, 0.6) is 5.75 Å². The van der Waals surface area contributed by atoms with E-state index in [0.29, 0.717) is 22.3 Å². The third kappa shape index (κ3) is 4.92. The van der Waals surface area contributed by atoms with E-state index in [1.54, 1.807) is 53.0 Å². The Morgan fingerprint density at radius 3 is 2.67 bits per heavy atom. The van der Waals surface area contributed by atoms with Crippen molar-refractivity contribution in [3.05, 3.63) is 60.8 Å². The van der Waals surface area contributed by atoms with Crippen LogP contribution in [0.25, 0.3) is 22.3 Å². The summed E-state index contributed by atoms with van der Waals surface area (Å²) in [5, 5.41) is 14.6. The minimum absolute atomic E-state index is 0.0100. The molecule has 4 heterocycles. The number of benzene rings is 1. The fourth-order valence-electron chi connectivity index (χ4n) is 4.60. The lowest BCUT2D eigenvalue weighted by atomic mass is 9.89. The van der Waals surface area contributed by atoms with Crippen molar-refractivity contribution in [3.8, 4) is 23.1 Å². The van der Waals surface area contributed by atoms with Crippen molar-refractivity contribution in [1.29, 1.82) is 5.26 Å². The number of ether oxygens (including phenoxy) is 2. The molecule has 1 aliphatic heterocycles. The highest BCUT2D eigenvalue weighted by molar-refractivity contribution is 7.89. The van der Waals surface area contributed by atoms with Gasteiger partial charge in [-0.25, -0.2) is 23.2 Å². The summed E-state index contributed by atoms with van der Waals surface area (Å²) in [6.07, 6.45) is 6.55. The van der Waals surface area contributed by atoms with Crippen molar-refractivity contribution in [2.45, 2.75) is 32.5 Å². The van der Waals surface area contributed by atoms with Gasteiger partial charge in [0.25, 0.3) is 0 Å². The molecule has 206 valence electrons. The molecule has 0 atom stereocenters. The molecular formula is C26H25N7O6S.